The van der Waals surface area contributed by atoms with Crippen LogP contribution in [0.3, 0.4) is 0 Å². The third-order valence-electron chi connectivity index (χ3n) is 3.14. The number of hydrogen-bond donors (Lipinski definition) is 1. The first-order valence-corrected chi connectivity index (χ1v) is 6.23. The van der Waals surface area contributed by atoms with Crippen molar-refractivity contribution in [3.8, 4) is 5.75 Å². The molecule has 0 bridgehead atoms. The average Bonchev–Trinajstić information content (AvgIpc) is 2.89. The SMILES string of the molecule is CCn1ccnc1C(NC)c1ccc(F)c(OC)c1. The molecule has 2 rings (SSSR count). The number of aryl methyl sites for hydroxylation is 1. The first-order chi connectivity index (χ1) is 9.21. The van der Waals surface area contributed by atoms with Crippen molar-refractivity contribution >= 4 is 0 Å². The molecule has 102 valence electrons. The summed E-state index contributed by atoms with van der Waals surface area (Å²) in [7, 11) is 3.32. The molecule has 1 atom stereocenters. The van der Waals surface area contributed by atoms with Gasteiger partial charge in [-0.3, -0.25) is 0 Å². The highest BCUT2D eigenvalue weighted by Crippen LogP contribution is 2.26. The number of benzene rings is 1. The van der Waals surface area contributed by atoms with Gasteiger partial charge in [0.25, 0.3) is 0 Å². The van der Waals surface area contributed by atoms with E-state index in [0.717, 1.165) is 17.9 Å². The summed E-state index contributed by atoms with van der Waals surface area (Å²) in [5.74, 6) is 0.783. The predicted octanol–water partition coefficient (Wildman–Crippen LogP) is 2.36. The second kappa shape index (κ2) is 5.84. The summed E-state index contributed by atoms with van der Waals surface area (Å²) in [6.45, 7) is 2.90. The van der Waals surface area contributed by atoms with Gasteiger partial charge in [0.15, 0.2) is 11.6 Å². The van der Waals surface area contributed by atoms with Gasteiger partial charge in [-0.05, 0) is 31.7 Å². The maximum Gasteiger partial charge on any atom is 0.165 e. The molecular weight excluding hydrogens is 245 g/mol. The molecule has 4 nitrogen and oxygen atoms in total. The zero-order chi connectivity index (χ0) is 13.8. The number of rotatable bonds is 5. The van der Waals surface area contributed by atoms with Crippen molar-refractivity contribution in [1.82, 2.24) is 14.9 Å². The van der Waals surface area contributed by atoms with Crippen molar-refractivity contribution in [2.75, 3.05) is 14.2 Å². The van der Waals surface area contributed by atoms with E-state index in [9.17, 15) is 4.39 Å². The highest BCUT2D eigenvalue weighted by atomic mass is 19.1. The summed E-state index contributed by atoms with van der Waals surface area (Å²) in [6, 6.07) is 4.76. The fourth-order valence-electron chi connectivity index (χ4n) is 2.15. The van der Waals surface area contributed by atoms with Crippen LogP contribution in [-0.4, -0.2) is 23.7 Å². The Morgan fingerprint density at radius 3 is 2.89 bits per heavy atom. The Morgan fingerprint density at radius 1 is 1.47 bits per heavy atom. The predicted molar refractivity (Wildman–Crippen MR) is 71.8 cm³/mol. The Labute approximate surface area is 112 Å². The van der Waals surface area contributed by atoms with Crippen molar-refractivity contribution in [3.05, 3.63) is 47.8 Å². The second-order valence-electron chi connectivity index (χ2n) is 4.19. The van der Waals surface area contributed by atoms with Crippen LogP contribution < -0.4 is 10.1 Å². The molecule has 0 aliphatic rings. The van der Waals surface area contributed by atoms with Gasteiger partial charge < -0.3 is 14.6 Å². The van der Waals surface area contributed by atoms with E-state index in [0.29, 0.717) is 0 Å². The van der Waals surface area contributed by atoms with E-state index in [4.69, 9.17) is 4.74 Å². The first kappa shape index (κ1) is 13.5. The van der Waals surface area contributed by atoms with Gasteiger partial charge in [0.1, 0.15) is 5.82 Å². The van der Waals surface area contributed by atoms with E-state index in [-0.39, 0.29) is 17.6 Å². The summed E-state index contributed by atoms with van der Waals surface area (Å²) < 4.78 is 20.5. The Kier molecular flexibility index (Phi) is 4.16. The molecule has 1 aromatic heterocycles. The van der Waals surface area contributed by atoms with Gasteiger partial charge >= 0.3 is 0 Å². The van der Waals surface area contributed by atoms with Crippen LogP contribution in [0.15, 0.2) is 30.6 Å². The molecule has 1 heterocycles. The third-order valence-corrected chi connectivity index (χ3v) is 3.14. The molecule has 0 radical (unpaired) electrons. The van der Waals surface area contributed by atoms with Gasteiger partial charge in [-0.25, -0.2) is 9.37 Å². The van der Waals surface area contributed by atoms with Crippen LogP contribution in [0.5, 0.6) is 5.75 Å². The van der Waals surface area contributed by atoms with Crippen LogP contribution in [0.1, 0.15) is 24.4 Å². The maximum absolute atomic E-state index is 13.5. The molecule has 1 aromatic carbocycles. The molecule has 1 unspecified atom stereocenters. The molecular formula is C14H18FN3O. The third kappa shape index (κ3) is 2.61. The number of nitrogens with one attached hydrogen (secondary N) is 1. The van der Waals surface area contributed by atoms with Crippen molar-refractivity contribution in [1.29, 1.82) is 0 Å². The number of methoxy groups -OCH3 is 1. The Bertz CT molecular complexity index is 553. The fraction of sp³-hybridized carbons (Fsp3) is 0.357. The minimum Gasteiger partial charge on any atom is -0.494 e. The van der Waals surface area contributed by atoms with E-state index in [1.165, 1.54) is 13.2 Å². The largest absolute Gasteiger partial charge is 0.494 e. The van der Waals surface area contributed by atoms with Crippen molar-refractivity contribution in [2.24, 2.45) is 0 Å². The lowest BCUT2D eigenvalue weighted by Crippen LogP contribution is -2.22. The zero-order valence-corrected chi connectivity index (χ0v) is 11.4. The molecule has 0 fully saturated rings. The van der Waals surface area contributed by atoms with Gasteiger partial charge in [0.2, 0.25) is 0 Å². The molecule has 0 aliphatic carbocycles. The molecule has 0 amide bonds. The fourth-order valence-corrected chi connectivity index (χ4v) is 2.15. The normalized spacial score (nSPS) is 12.4. The summed E-state index contributed by atoms with van der Waals surface area (Å²) in [6.07, 6.45) is 3.70. The smallest absolute Gasteiger partial charge is 0.165 e. The molecule has 2 aromatic rings. The Hall–Kier alpha value is -1.88. The van der Waals surface area contributed by atoms with Gasteiger partial charge in [0.05, 0.1) is 13.2 Å². The summed E-state index contributed by atoms with van der Waals surface area (Å²) in [5.41, 5.74) is 0.918. The minimum absolute atomic E-state index is 0.0931. The van der Waals surface area contributed by atoms with E-state index < -0.39 is 0 Å². The van der Waals surface area contributed by atoms with E-state index >= 15 is 0 Å². The molecule has 0 aliphatic heterocycles. The van der Waals surface area contributed by atoms with Crippen molar-refractivity contribution in [2.45, 2.75) is 19.5 Å². The van der Waals surface area contributed by atoms with Crippen molar-refractivity contribution in [3.63, 3.8) is 0 Å². The van der Waals surface area contributed by atoms with Crippen LogP contribution in [0.2, 0.25) is 0 Å². The van der Waals surface area contributed by atoms with E-state index in [2.05, 4.69) is 21.8 Å². The van der Waals surface area contributed by atoms with Crippen LogP contribution in [-0.2, 0) is 6.54 Å². The molecule has 1 N–H and O–H groups in total. The number of imidazole rings is 1. The Balaban J connectivity index is 2.42. The lowest BCUT2D eigenvalue weighted by molar-refractivity contribution is 0.385. The lowest BCUT2D eigenvalue weighted by Gasteiger charge is -2.18. The maximum atomic E-state index is 13.5. The molecule has 0 spiro atoms. The first-order valence-electron chi connectivity index (χ1n) is 6.23. The van der Waals surface area contributed by atoms with Gasteiger partial charge in [-0.2, -0.15) is 0 Å². The standard InChI is InChI=1S/C14H18FN3O/c1-4-18-8-7-17-14(18)13(16-2)10-5-6-11(15)12(9-10)19-3/h5-9,13,16H,4H2,1-3H3. The number of ether oxygens (including phenoxy) is 1. The topological polar surface area (TPSA) is 39.1 Å². The summed E-state index contributed by atoms with van der Waals surface area (Å²) in [5, 5.41) is 3.20. The Morgan fingerprint density at radius 2 is 2.26 bits per heavy atom. The summed E-state index contributed by atoms with van der Waals surface area (Å²) >= 11 is 0. The number of nitrogens with zero attached hydrogens (tertiary/aromatic N) is 2. The molecule has 19 heavy (non-hydrogen) atoms. The molecule has 0 saturated carbocycles. The van der Waals surface area contributed by atoms with Gasteiger partial charge in [-0.1, -0.05) is 6.07 Å². The van der Waals surface area contributed by atoms with Gasteiger partial charge in [0, 0.05) is 18.9 Å². The zero-order valence-electron chi connectivity index (χ0n) is 11.4. The summed E-state index contributed by atoms with van der Waals surface area (Å²) in [4.78, 5) is 4.38. The lowest BCUT2D eigenvalue weighted by atomic mass is 10.1. The quantitative estimate of drug-likeness (QED) is 0.900. The molecule has 0 saturated heterocycles. The molecule has 5 heteroatoms. The number of aromatic nitrogens is 2. The second-order valence-corrected chi connectivity index (χ2v) is 4.19. The van der Waals surface area contributed by atoms with E-state index in [1.807, 2.05) is 13.2 Å². The number of halogens is 1. The minimum atomic E-state index is -0.361. The highest BCUT2D eigenvalue weighted by Gasteiger charge is 2.18. The highest BCUT2D eigenvalue weighted by molar-refractivity contribution is 5.34. The van der Waals surface area contributed by atoms with Gasteiger partial charge in [-0.15, -0.1) is 0 Å². The van der Waals surface area contributed by atoms with Crippen LogP contribution in [0, 0.1) is 5.82 Å². The monoisotopic (exact) mass is 263 g/mol. The van der Waals surface area contributed by atoms with E-state index in [1.54, 1.807) is 18.3 Å². The average molecular weight is 263 g/mol. The van der Waals surface area contributed by atoms with Crippen LogP contribution in [0.4, 0.5) is 4.39 Å². The van der Waals surface area contributed by atoms with Crippen LogP contribution >= 0.6 is 0 Å². The van der Waals surface area contributed by atoms with Crippen LogP contribution in [0.25, 0.3) is 0 Å². The number of hydrogen-bond acceptors (Lipinski definition) is 3. The van der Waals surface area contributed by atoms with Crippen molar-refractivity contribution < 1.29 is 9.13 Å².